The summed E-state index contributed by atoms with van der Waals surface area (Å²) in [5, 5.41) is 4.67. The fraction of sp³-hybridized carbons (Fsp3) is 0.595. The largest absolute Gasteiger partial charge is 0.509 e. The first-order valence-electron chi connectivity index (χ1n) is 20.3. The topological polar surface area (TPSA) is 170 Å². The molecular weight excluding hydrogens is 803 g/mol. The van der Waals surface area contributed by atoms with E-state index < -0.39 is 17.7 Å². The number of aldehydes is 1. The molecule has 324 valence electrons. The third-order valence-corrected chi connectivity index (χ3v) is 12.9. The van der Waals surface area contributed by atoms with Crippen molar-refractivity contribution in [3.63, 3.8) is 0 Å². The van der Waals surface area contributed by atoms with Gasteiger partial charge in [0, 0.05) is 54.1 Å². The summed E-state index contributed by atoms with van der Waals surface area (Å²) in [6, 6.07) is 9.86. The van der Waals surface area contributed by atoms with E-state index >= 15 is 0 Å². The van der Waals surface area contributed by atoms with Crippen molar-refractivity contribution >= 4 is 62.5 Å². The summed E-state index contributed by atoms with van der Waals surface area (Å²) < 4.78 is 43.8. The molecule has 1 amide bonds. The minimum Gasteiger partial charge on any atom is -0.457 e. The van der Waals surface area contributed by atoms with Crippen LogP contribution in [0.25, 0.3) is 16.6 Å². The van der Waals surface area contributed by atoms with E-state index in [1.807, 2.05) is 57.8 Å². The lowest BCUT2D eigenvalue weighted by Crippen LogP contribution is -2.49. The van der Waals surface area contributed by atoms with Gasteiger partial charge < -0.3 is 48.1 Å². The minimum absolute atomic E-state index is 0.00105. The van der Waals surface area contributed by atoms with Gasteiger partial charge in [-0.2, -0.15) is 0 Å². The van der Waals surface area contributed by atoms with Gasteiger partial charge in [-0.3, -0.25) is 9.59 Å². The molecule has 0 radical (unpaired) electrons. The third-order valence-electron chi connectivity index (χ3n) is 9.92. The molecule has 1 fully saturated rings. The summed E-state index contributed by atoms with van der Waals surface area (Å²) >= 11 is 0. The number of carbonyl (C=O) groups is 4. The molecule has 17 heteroatoms. The predicted molar refractivity (Wildman–Crippen MR) is 225 cm³/mol. The quantitative estimate of drug-likeness (QED) is 0.0532. The van der Waals surface area contributed by atoms with Gasteiger partial charge in [0.05, 0.1) is 83.0 Å². The maximum Gasteiger partial charge on any atom is 0.509 e. The molecule has 59 heavy (non-hydrogen) atoms. The first kappa shape index (κ1) is 46.4. The van der Waals surface area contributed by atoms with Crippen LogP contribution >= 0.6 is 21.6 Å². The van der Waals surface area contributed by atoms with Crippen molar-refractivity contribution in [2.45, 2.75) is 62.8 Å². The number of hydrogen-bond donors (Lipinski definition) is 1. The molecule has 2 atom stereocenters. The zero-order chi connectivity index (χ0) is 41.7. The van der Waals surface area contributed by atoms with E-state index in [4.69, 9.17) is 42.9 Å². The van der Waals surface area contributed by atoms with E-state index in [0.29, 0.717) is 84.3 Å². The van der Waals surface area contributed by atoms with Crippen molar-refractivity contribution in [2.75, 3.05) is 98.6 Å². The highest BCUT2D eigenvalue weighted by Crippen LogP contribution is 2.41. The Balaban J connectivity index is 0.888. The van der Waals surface area contributed by atoms with E-state index in [-0.39, 0.29) is 49.9 Å². The number of nitrogens with zero attached hydrogens (tertiary/aromatic N) is 2. The average molecular weight is 860 g/mol. The molecule has 5 rings (SSSR count). The van der Waals surface area contributed by atoms with E-state index in [9.17, 15) is 19.2 Å². The standard InChI is InChI=1S/C42H57N3O12S2/c1-3-42(35(33(29-46)30-56-40(42)48)27-37-39-32(28-45(37)2)26-31-8-4-6-10-36(31)44-39)57-41(49)55-24-23-54-22-21-53-20-19-52-18-17-51-16-15-50-14-13-43-38(47)11-7-5-9-34-12-25-58-59-34/h4,6,8,10,26-27,29,34H,3,5,7,9,11-25,28,30H2,1-2H3,(H,43,47)/b37-27-. The molecule has 4 heterocycles. The summed E-state index contributed by atoms with van der Waals surface area (Å²) in [4.78, 5) is 57.2. The highest BCUT2D eigenvalue weighted by Gasteiger charge is 2.50. The van der Waals surface area contributed by atoms with Crippen molar-refractivity contribution in [1.29, 1.82) is 0 Å². The van der Waals surface area contributed by atoms with E-state index in [2.05, 4.69) is 11.4 Å². The van der Waals surface area contributed by atoms with Gasteiger partial charge in [0.2, 0.25) is 11.5 Å². The van der Waals surface area contributed by atoms with Crippen LogP contribution in [0, 0.1) is 0 Å². The highest BCUT2D eigenvalue weighted by molar-refractivity contribution is 8.77. The van der Waals surface area contributed by atoms with Crippen molar-refractivity contribution in [3.05, 3.63) is 58.8 Å². The molecule has 1 aromatic carbocycles. The summed E-state index contributed by atoms with van der Waals surface area (Å²) in [6.07, 6.45) is 6.31. The number of amides is 1. The molecule has 0 spiro atoms. The number of hydrogen-bond acceptors (Lipinski definition) is 16. The Bertz CT molecular complexity index is 1750. The van der Waals surface area contributed by atoms with Crippen molar-refractivity contribution in [1.82, 2.24) is 15.2 Å². The van der Waals surface area contributed by atoms with Crippen LogP contribution < -0.4 is 5.32 Å². The lowest BCUT2D eigenvalue weighted by Gasteiger charge is -2.35. The minimum atomic E-state index is -1.90. The molecule has 0 aliphatic carbocycles. The molecule has 0 bridgehead atoms. The van der Waals surface area contributed by atoms with E-state index in [1.165, 1.54) is 18.6 Å². The third kappa shape index (κ3) is 14.2. The smallest absolute Gasteiger partial charge is 0.457 e. The Hall–Kier alpha value is -3.71. The number of para-hydroxylation sites is 1. The number of esters is 1. The van der Waals surface area contributed by atoms with Gasteiger partial charge in [-0.1, -0.05) is 53.1 Å². The Kier molecular flexibility index (Phi) is 19.8. The van der Waals surface area contributed by atoms with Crippen molar-refractivity contribution in [2.24, 2.45) is 0 Å². The fourth-order valence-electron chi connectivity index (χ4n) is 6.77. The Morgan fingerprint density at radius 2 is 1.64 bits per heavy atom. The monoisotopic (exact) mass is 859 g/mol. The van der Waals surface area contributed by atoms with Gasteiger partial charge in [0.15, 0.2) is 0 Å². The SMILES string of the molecule is CCC1(OC(=O)OCCOCCOCCOCCOCCOCCNC(=O)CCCCC2CCSS2)C(=O)OCC(C=O)=C1/C=C1/c2nc3ccccc3cc2CN1C. The molecule has 1 aromatic heterocycles. The van der Waals surface area contributed by atoms with Crippen LogP contribution in [-0.2, 0) is 58.8 Å². The molecule has 3 aliphatic rings. The summed E-state index contributed by atoms with van der Waals surface area (Å²) in [5.74, 6) is 0.538. The Morgan fingerprint density at radius 1 is 0.966 bits per heavy atom. The van der Waals surface area contributed by atoms with Crippen LogP contribution in [0.2, 0.25) is 0 Å². The van der Waals surface area contributed by atoms with Gasteiger partial charge in [-0.15, -0.1) is 0 Å². The Morgan fingerprint density at radius 3 is 2.31 bits per heavy atom. The van der Waals surface area contributed by atoms with Crippen LogP contribution in [0.3, 0.4) is 0 Å². The number of ether oxygens (including phenoxy) is 8. The number of carbonyl (C=O) groups excluding carboxylic acids is 4. The number of fused-ring (bicyclic) bond motifs is 2. The molecule has 0 saturated carbocycles. The number of unbranched alkanes of at least 4 members (excludes halogenated alkanes) is 1. The van der Waals surface area contributed by atoms with Crippen LogP contribution in [0.1, 0.15) is 56.7 Å². The van der Waals surface area contributed by atoms with E-state index in [0.717, 1.165) is 40.3 Å². The zero-order valence-electron chi connectivity index (χ0n) is 34.1. The van der Waals surface area contributed by atoms with Crippen LogP contribution in [-0.4, -0.2) is 144 Å². The number of benzene rings is 1. The number of cyclic esters (lactones) is 1. The van der Waals surface area contributed by atoms with Gasteiger partial charge in [0.1, 0.15) is 19.5 Å². The highest BCUT2D eigenvalue weighted by atomic mass is 33.1. The summed E-state index contributed by atoms with van der Waals surface area (Å²) in [7, 11) is 5.83. The number of nitrogens with one attached hydrogen (secondary N) is 1. The van der Waals surface area contributed by atoms with Crippen molar-refractivity contribution in [3.8, 4) is 0 Å². The predicted octanol–water partition coefficient (Wildman–Crippen LogP) is 5.29. The molecular formula is C42H57N3O12S2. The van der Waals surface area contributed by atoms with Crippen LogP contribution in [0.4, 0.5) is 4.79 Å². The molecule has 2 aromatic rings. The van der Waals surface area contributed by atoms with Crippen molar-refractivity contribution < 1.29 is 57.1 Å². The zero-order valence-corrected chi connectivity index (χ0v) is 35.7. The number of rotatable bonds is 27. The number of aromatic nitrogens is 1. The lowest BCUT2D eigenvalue weighted by molar-refractivity contribution is -0.165. The first-order valence-corrected chi connectivity index (χ1v) is 22.7. The van der Waals surface area contributed by atoms with Gasteiger partial charge in [0.25, 0.3) is 0 Å². The second-order valence-electron chi connectivity index (χ2n) is 14.1. The molecule has 1 saturated heterocycles. The van der Waals surface area contributed by atoms with Crippen LogP contribution in [0.15, 0.2) is 47.6 Å². The fourth-order valence-corrected chi connectivity index (χ4v) is 9.79. The molecule has 1 N–H and O–H groups in total. The number of pyridine rings is 1. The van der Waals surface area contributed by atoms with Gasteiger partial charge in [-0.05, 0) is 49.5 Å². The second-order valence-corrected chi connectivity index (χ2v) is 16.9. The molecule has 2 unspecified atom stereocenters. The summed E-state index contributed by atoms with van der Waals surface area (Å²) in [6.45, 7) is 5.95. The molecule has 3 aliphatic heterocycles. The second kappa shape index (κ2) is 25.2. The Labute approximate surface area is 353 Å². The lowest BCUT2D eigenvalue weighted by atomic mass is 9.84. The van der Waals surface area contributed by atoms with Gasteiger partial charge >= 0.3 is 12.1 Å². The summed E-state index contributed by atoms with van der Waals surface area (Å²) in [5.41, 5.74) is 1.72. The average Bonchev–Trinajstić information content (AvgIpc) is 3.87. The molecule has 15 nitrogen and oxygen atoms in total. The van der Waals surface area contributed by atoms with E-state index in [1.54, 1.807) is 13.0 Å². The van der Waals surface area contributed by atoms with Gasteiger partial charge in [-0.25, -0.2) is 14.6 Å². The van der Waals surface area contributed by atoms with Crippen LogP contribution in [0.5, 0.6) is 0 Å². The maximum absolute atomic E-state index is 13.3. The maximum atomic E-state index is 13.3. The normalized spacial score (nSPS) is 19.6. The first-order chi connectivity index (χ1) is 28.8.